The molecule has 0 atom stereocenters. The van der Waals surface area contributed by atoms with Crippen LogP contribution in [0.2, 0.25) is 0 Å². The summed E-state index contributed by atoms with van der Waals surface area (Å²) in [4.78, 5) is 12.5. The Balaban J connectivity index is 2.42. The van der Waals surface area contributed by atoms with Gasteiger partial charge in [-0.1, -0.05) is 12.0 Å². The molecule has 1 aliphatic heterocycles. The van der Waals surface area contributed by atoms with Crippen molar-refractivity contribution in [2.45, 2.75) is 6.42 Å². The van der Waals surface area contributed by atoms with Crippen LogP contribution in [0.4, 0.5) is 0 Å². The highest BCUT2D eigenvalue weighted by Crippen LogP contribution is 2.08. The molecule has 1 heterocycles. The predicted octanol–water partition coefficient (Wildman–Crippen LogP) is -0.263. The summed E-state index contributed by atoms with van der Waals surface area (Å²) in [5, 5.41) is 0. The summed E-state index contributed by atoms with van der Waals surface area (Å²) in [6, 6.07) is 0. The zero-order valence-electron chi connectivity index (χ0n) is 6.92. The van der Waals surface area contributed by atoms with E-state index in [1.54, 1.807) is 0 Å². The zero-order valence-corrected chi connectivity index (χ0v) is 6.92. The van der Waals surface area contributed by atoms with Gasteiger partial charge in [-0.2, -0.15) is 0 Å². The highest BCUT2D eigenvalue weighted by atomic mass is 16.1. The summed E-state index contributed by atoms with van der Waals surface area (Å²) in [6.45, 7) is 1.90. The number of nitrogens with two attached hydrogens (primary N) is 1. The van der Waals surface area contributed by atoms with Gasteiger partial charge < -0.3 is 5.73 Å². The Labute approximate surface area is 72.2 Å². The van der Waals surface area contributed by atoms with Crippen molar-refractivity contribution < 1.29 is 4.79 Å². The predicted molar refractivity (Wildman–Crippen MR) is 47.2 cm³/mol. The van der Waals surface area contributed by atoms with Crippen molar-refractivity contribution in [3.8, 4) is 12.3 Å². The van der Waals surface area contributed by atoms with Crippen LogP contribution in [-0.2, 0) is 4.79 Å². The maximum atomic E-state index is 10.5. The average Bonchev–Trinajstić information content (AvgIpc) is 2.05. The monoisotopic (exact) mass is 164 g/mol. The van der Waals surface area contributed by atoms with Gasteiger partial charge in [-0.05, 0) is 6.42 Å². The number of carbonyl (C=O) groups excluding carboxylic acids is 1. The number of rotatable bonds is 2. The summed E-state index contributed by atoms with van der Waals surface area (Å²) in [6.07, 6.45) is 8.04. The van der Waals surface area contributed by atoms with Crippen molar-refractivity contribution in [1.29, 1.82) is 0 Å². The van der Waals surface area contributed by atoms with Crippen LogP contribution in [0.15, 0.2) is 11.6 Å². The molecular formula is C9H12N2O. The van der Waals surface area contributed by atoms with Crippen molar-refractivity contribution in [1.82, 2.24) is 4.90 Å². The minimum absolute atomic E-state index is 0.285. The van der Waals surface area contributed by atoms with E-state index in [-0.39, 0.29) is 5.91 Å². The van der Waals surface area contributed by atoms with Crippen molar-refractivity contribution in [2.24, 2.45) is 5.73 Å². The molecule has 0 bridgehead atoms. The van der Waals surface area contributed by atoms with E-state index in [2.05, 4.69) is 5.92 Å². The van der Waals surface area contributed by atoms with Crippen LogP contribution >= 0.6 is 0 Å². The molecule has 0 spiro atoms. The first-order valence-electron chi connectivity index (χ1n) is 3.88. The lowest BCUT2D eigenvalue weighted by atomic mass is 10.1. The van der Waals surface area contributed by atoms with E-state index in [1.165, 1.54) is 0 Å². The van der Waals surface area contributed by atoms with Gasteiger partial charge in [0.25, 0.3) is 0 Å². The average molecular weight is 164 g/mol. The van der Waals surface area contributed by atoms with Crippen LogP contribution in [0.5, 0.6) is 0 Å². The fraction of sp³-hybridized carbons (Fsp3) is 0.444. The summed E-state index contributed by atoms with van der Waals surface area (Å²) in [7, 11) is 0. The van der Waals surface area contributed by atoms with E-state index >= 15 is 0 Å². The summed E-state index contributed by atoms with van der Waals surface area (Å²) in [5.74, 6) is 2.31. The number of nitrogens with zero attached hydrogens (tertiary/aromatic N) is 1. The SMILES string of the molecule is C#CC1=CCN(CC(N)=O)CC1. The Kier molecular flexibility index (Phi) is 2.89. The summed E-state index contributed by atoms with van der Waals surface area (Å²) in [5.41, 5.74) is 6.07. The highest BCUT2D eigenvalue weighted by Gasteiger charge is 2.11. The molecule has 0 radical (unpaired) electrons. The van der Waals surface area contributed by atoms with Crippen LogP contribution in [0.25, 0.3) is 0 Å². The standard InChI is InChI=1S/C9H12N2O/c1-2-8-3-5-11(6-4-8)7-9(10)12/h1,3H,4-7H2,(H2,10,12). The van der Waals surface area contributed by atoms with E-state index in [1.807, 2.05) is 11.0 Å². The second-order valence-electron chi connectivity index (χ2n) is 2.83. The van der Waals surface area contributed by atoms with E-state index < -0.39 is 0 Å². The van der Waals surface area contributed by atoms with Crippen molar-refractivity contribution in [3.63, 3.8) is 0 Å². The molecule has 1 rings (SSSR count). The number of amides is 1. The fourth-order valence-electron chi connectivity index (χ4n) is 1.21. The largest absolute Gasteiger partial charge is 0.369 e. The zero-order chi connectivity index (χ0) is 8.97. The Morgan fingerprint density at radius 1 is 1.83 bits per heavy atom. The minimum atomic E-state index is -0.285. The molecule has 1 amide bonds. The van der Waals surface area contributed by atoms with E-state index in [0.29, 0.717) is 6.54 Å². The third kappa shape index (κ3) is 2.40. The molecule has 0 fully saturated rings. The van der Waals surface area contributed by atoms with E-state index in [4.69, 9.17) is 12.2 Å². The third-order valence-electron chi connectivity index (χ3n) is 1.86. The van der Waals surface area contributed by atoms with Gasteiger partial charge in [0, 0.05) is 18.7 Å². The topological polar surface area (TPSA) is 46.3 Å². The molecule has 12 heavy (non-hydrogen) atoms. The summed E-state index contributed by atoms with van der Waals surface area (Å²) < 4.78 is 0. The second kappa shape index (κ2) is 3.93. The van der Waals surface area contributed by atoms with Gasteiger partial charge in [-0.15, -0.1) is 6.42 Å². The maximum absolute atomic E-state index is 10.5. The molecule has 0 unspecified atom stereocenters. The Hall–Kier alpha value is -1.27. The quantitative estimate of drug-likeness (QED) is 0.571. The number of hydrogen-bond acceptors (Lipinski definition) is 2. The molecule has 64 valence electrons. The maximum Gasteiger partial charge on any atom is 0.231 e. The lowest BCUT2D eigenvalue weighted by molar-refractivity contribution is -0.119. The second-order valence-corrected chi connectivity index (χ2v) is 2.83. The minimum Gasteiger partial charge on any atom is -0.369 e. The number of carbonyl (C=O) groups is 1. The first-order chi connectivity index (χ1) is 5.72. The molecule has 0 aromatic heterocycles. The van der Waals surface area contributed by atoms with Crippen LogP contribution in [-0.4, -0.2) is 30.4 Å². The molecule has 2 N–H and O–H groups in total. The Bertz CT molecular complexity index is 250. The highest BCUT2D eigenvalue weighted by molar-refractivity contribution is 5.75. The lowest BCUT2D eigenvalue weighted by Gasteiger charge is -2.22. The summed E-state index contributed by atoms with van der Waals surface area (Å²) >= 11 is 0. The third-order valence-corrected chi connectivity index (χ3v) is 1.86. The number of hydrogen-bond donors (Lipinski definition) is 1. The smallest absolute Gasteiger partial charge is 0.231 e. The van der Waals surface area contributed by atoms with Crippen molar-refractivity contribution in [2.75, 3.05) is 19.6 Å². The Morgan fingerprint density at radius 3 is 3.00 bits per heavy atom. The van der Waals surface area contributed by atoms with Gasteiger partial charge in [-0.3, -0.25) is 9.69 Å². The molecule has 0 saturated carbocycles. The first-order valence-corrected chi connectivity index (χ1v) is 3.88. The molecule has 1 aliphatic rings. The molecule has 0 saturated heterocycles. The fourth-order valence-corrected chi connectivity index (χ4v) is 1.21. The lowest BCUT2D eigenvalue weighted by Crippen LogP contribution is -2.36. The van der Waals surface area contributed by atoms with Crippen molar-refractivity contribution in [3.05, 3.63) is 11.6 Å². The van der Waals surface area contributed by atoms with Crippen LogP contribution in [0.3, 0.4) is 0 Å². The molecule has 3 nitrogen and oxygen atoms in total. The number of primary amides is 1. The normalized spacial score (nSPS) is 18.1. The Morgan fingerprint density at radius 2 is 2.58 bits per heavy atom. The van der Waals surface area contributed by atoms with E-state index in [9.17, 15) is 4.79 Å². The molecule has 0 aliphatic carbocycles. The van der Waals surface area contributed by atoms with Crippen LogP contribution in [0, 0.1) is 12.3 Å². The van der Waals surface area contributed by atoms with Crippen LogP contribution in [0.1, 0.15) is 6.42 Å². The van der Waals surface area contributed by atoms with Gasteiger partial charge in [0.05, 0.1) is 6.54 Å². The van der Waals surface area contributed by atoms with Gasteiger partial charge >= 0.3 is 0 Å². The van der Waals surface area contributed by atoms with E-state index in [0.717, 1.165) is 25.1 Å². The van der Waals surface area contributed by atoms with Gasteiger partial charge in [0.1, 0.15) is 0 Å². The molecule has 0 aromatic carbocycles. The van der Waals surface area contributed by atoms with Gasteiger partial charge in [-0.25, -0.2) is 0 Å². The molecule has 0 aromatic rings. The molecular weight excluding hydrogens is 152 g/mol. The molecule has 3 heteroatoms. The number of terminal acetylenes is 1. The van der Waals surface area contributed by atoms with Gasteiger partial charge in [0.2, 0.25) is 5.91 Å². The van der Waals surface area contributed by atoms with Gasteiger partial charge in [0.15, 0.2) is 0 Å². The first kappa shape index (κ1) is 8.82. The van der Waals surface area contributed by atoms with Crippen LogP contribution < -0.4 is 5.73 Å². The van der Waals surface area contributed by atoms with Crippen molar-refractivity contribution >= 4 is 5.91 Å².